The molecule has 0 aliphatic heterocycles. The van der Waals surface area contributed by atoms with Crippen molar-refractivity contribution >= 4 is 21.6 Å². The van der Waals surface area contributed by atoms with E-state index in [-0.39, 0.29) is 0 Å². The number of para-hydroxylation sites is 1. The standard InChI is InChI=1S/C17H26N2S/c1-3-5-12-19(13-6-4-2)14-11-17-18-15-9-7-8-10-16(15)20-17/h7-10H,3-6,11-14H2,1-2H3. The molecule has 0 atom stereocenters. The Kier molecular flexibility index (Phi) is 6.48. The first-order valence-corrected chi connectivity index (χ1v) is 8.72. The normalized spacial score (nSPS) is 11.6. The number of thiazole rings is 1. The second-order valence-electron chi connectivity index (χ2n) is 5.37. The first-order valence-electron chi connectivity index (χ1n) is 7.90. The number of aromatic nitrogens is 1. The van der Waals surface area contributed by atoms with E-state index in [1.165, 1.54) is 48.5 Å². The van der Waals surface area contributed by atoms with Gasteiger partial charge in [0, 0.05) is 13.0 Å². The molecule has 2 rings (SSSR count). The first-order chi connectivity index (χ1) is 9.83. The van der Waals surface area contributed by atoms with Crippen LogP contribution in [0.15, 0.2) is 24.3 Å². The SMILES string of the molecule is CCCCN(CCCC)CCc1nc2ccccc2s1. The molecule has 2 nitrogen and oxygen atoms in total. The van der Waals surface area contributed by atoms with Crippen LogP contribution in [0.1, 0.15) is 44.5 Å². The molecule has 0 amide bonds. The van der Waals surface area contributed by atoms with Gasteiger partial charge >= 0.3 is 0 Å². The number of fused-ring (bicyclic) bond motifs is 1. The molecule has 1 aromatic heterocycles. The summed E-state index contributed by atoms with van der Waals surface area (Å²) < 4.78 is 1.32. The molecule has 0 spiro atoms. The van der Waals surface area contributed by atoms with Crippen LogP contribution in [-0.2, 0) is 6.42 Å². The Bertz CT molecular complexity index is 465. The minimum Gasteiger partial charge on any atom is -0.303 e. The fourth-order valence-electron chi connectivity index (χ4n) is 2.38. The Hall–Kier alpha value is -0.930. The summed E-state index contributed by atoms with van der Waals surface area (Å²) in [6.45, 7) is 8.17. The van der Waals surface area contributed by atoms with Crippen molar-refractivity contribution in [3.05, 3.63) is 29.3 Å². The molecule has 110 valence electrons. The summed E-state index contributed by atoms with van der Waals surface area (Å²) >= 11 is 1.85. The molecule has 20 heavy (non-hydrogen) atoms. The average molecular weight is 290 g/mol. The number of hydrogen-bond acceptors (Lipinski definition) is 3. The van der Waals surface area contributed by atoms with Crippen LogP contribution in [0.25, 0.3) is 10.2 Å². The molecule has 1 heterocycles. The lowest BCUT2D eigenvalue weighted by Gasteiger charge is -2.21. The van der Waals surface area contributed by atoms with Gasteiger partial charge in [-0.3, -0.25) is 0 Å². The molecule has 0 bridgehead atoms. The van der Waals surface area contributed by atoms with E-state index in [1.807, 2.05) is 11.3 Å². The van der Waals surface area contributed by atoms with E-state index in [2.05, 4.69) is 43.0 Å². The minimum atomic E-state index is 1.09. The number of rotatable bonds is 9. The Balaban J connectivity index is 1.89. The highest BCUT2D eigenvalue weighted by Gasteiger charge is 2.07. The summed E-state index contributed by atoms with van der Waals surface area (Å²) in [6, 6.07) is 8.45. The molecule has 0 aliphatic rings. The second-order valence-corrected chi connectivity index (χ2v) is 6.49. The van der Waals surface area contributed by atoms with E-state index in [4.69, 9.17) is 4.98 Å². The number of hydrogen-bond donors (Lipinski definition) is 0. The van der Waals surface area contributed by atoms with Crippen molar-refractivity contribution in [2.75, 3.05) is 19.6 Å². The molecule has 0 fully saturated rings. The fourth-order valence-corrected chi connectivity index (χ4v) is 3.34. The zero-order valence-corrected chi connectivity index (χ0v) is 13.6. The number of unbranched alkanes of at least 4 members (excludes halogenated alkanes) is 2. The molecule has 2 aromatic rings. The molecule has 0 unspecified atom stereocenters. The maximum atomic E-state index is 4.74. The van der Waals surface area contributed by atoms with Gasteiger partial charge < -0.3 is 4.90 Å². The monoisotopic (exact) mass is 290 g/mol. The predicted octanol–water partition coefficient (Wildman–Crippen LogP) is 4.74. The number of benzene rings is 1. The van der Waals surface area contributed by atoms with E-state index in [0.717, 1.165) is 18.5 Å². The van der Waals surface area contributed by atoms with Crippen LogP contribution in [0.5, 0.6) is 0 Å². The second kappa shape index (κ2) is 8.38. The maximum absolute atomic E-state index is 4.74. The van der Waals surface area contributed by atoms with Crippen LogP contribution in [0.4, 0.5) is 0 Å². The van der Waals surface area contributed by atoms with Crippen molar-refractivity contribution in [1.29, 1.82) is 0 Å². The van der Waals surface area contributed by atoms with E-state index >= 15 is 0 Å². The third kappa shape index (κ3) is 4.57. The topological polar surface area (TPSA) is 16.1 Å². The molecule has 0 saturated heterocycles. The Morgan fingerprint density at radius 1 is 1.00 bits per heavy atom. The van der Waals surface area contributed by atoms with Gasteiger partial charge in [0.25, 0.3) is 0 Å². The van der Waals surface area contributed by atoms with Gasteiger partial charge in [-0.15, -0.1) is 11.3 Å². The van der Waals surface area contributed by atoms with Crippen LogP contribution in [0, 0.1) is 0 Å². The van der Waals surface area contributed by atoms with Crippen LogP contribution in [0.3, 0.4) is 0 Å². The van der Waals surface area contributed by atoms with Gasteiger partial charge in [-0.05, 0) is 38.1 Å². The smallest absolute Gasteiger partial charge is 0.0951 e. The summed E-state index contributed by atoms with van der Waals surface area (Å²) in [5, 5.41) is 1.28. The molecule has 3 heteroatoms. The molecule has 1 aromatic carbocycles. The highest BCUT2D eigenvalue weighted by atomic mass is 32.1. The Morgan fingerprint density at radius 3 is 2.35 bits per heavy atom. The zero-order chi connectivity index (χ0) is 14.2. The average Bonchev–Trinajstić information content (AvgIpc) is 2.89. The molecular weight excluding hydrogens is 264 g/mol. The highest BCUT2D eigenvalue weighted by Crippen LogP contribution is 2.22. The van der Waals surface area contributed by atoms with Crippen molar-refractivity contribution in [3.63, 3.8) is 0 Å². The minimum absolute atomic E-state index is 1.09. The van der Waals surface area contributed by atoms with Crippen molar-refractivity contribution in [3.8, 4) is 0 Å². The van der Waals surface area contributed by atoms with Gasteiger partial charge in [-0.2, -0.15) is 0 Å². The van der Waals surface area contributed by atoms with E-state index in [0.29, 0.717) is 0 Å². The summed E-state index contributed by atoms with van der Waals surface area (Å²) in [7, 11) is 0. The van der Waals surface area contributed by atoms with Gasteiger partial charge in [0.15, 0.2) is 0 Å². The van der Waals surface area contributed by atoms with Gasteiger partial charge in [-0.25, -0.2) is 4.98 Å². The lowest BCUT2D eigenvalue weighted by Crippen LogP contribution is -2.28. The van der Waals surface area contributed by atoms with Crippen molar-refractivity contribution in [2.45, 2.75) is 46.0 Å². The van der Waals surface area contributed by atoms with Gasteiger partial charge in [-0.1, -0.05) is 38.8 Å². The van der Waals surface area contributed by atoms with Gasteiger partial charge in [0.05, 0.1) is 15.2 Å². The van der Waals surface area contributed by atoms with Crippen LogP contribution in [0.2, 0.25) is 0 Å². The molecule has 0 radical (unpaired) electrons. The summed E-state index contributed by atoms with van der Waals surface area (Å²) in [5.74, 6) is 0. The van der Waals surface area contributed by atoms with Crippen LogP contribution in [-0.4, -0.2) is 29.5 Å². The lowest BCUT2D eigenvalue weighted by atomic mass is 10.2. The first kappa shape index (κ1) is 15.5. The van der Waals surface area contributed by atoms with Gasteiger partial charge in [0.2, 0.25) is 0 Å². The largest absolute Gasteiger partial charge is 0.303 e. The molecular formula is C17H26N2S. The van der Waals surface area contributed by atoms with Crippen molar-refractivity contribution in [1.82, 2.24) is 9.88 Å². The third-order valence-corrected chi connectivity index (χ3v) is 4.73. The summed E-state index contributed by atoms with van der Waals surface area (Å²) in [4.78, 5) is 7.35. The third-order valence-electron chi connectivity index (χ3n) is 3.64. The quantitative estimate of drug-likeness (QED) is 0.663. The number of nitrogens with zero attached hydrogens (tertiary/aromatic N) is 2. The van der Waals surface area contributed by atoms with Gasteiger partial charge in [0.1, 0.15) is 0 Å². The van der Waals surface area contributed by atoms with Crippen LogP contribution < -0.4 is 0 Å². The Morgan fingerprint density at radius 2 is 1.70 bits per heavy atom. The molecule has 0 N–H and O–H groups in total. The highest BCUT2D eigenvalue weighted by molar-refractivity contribution is 7.18. The van der Waals surface area contributed by atoms with Crippen LogP contribution >= 0.6 is 11.3 Å². The van der Waals surface area contributed by atoms with Crippen molar-refractivity contribution in [2.24, 2.45) is 0 Å². The Labute approximate surface area is 126 Å². The van der Waals surface area contributed by atoms with E-state index in [1.54, 1.807) is 0 Å². The van der Waals surface area contributed by atoms with E-state index < -0.39 is 0 Å². The van der Waals surface area contributed by atoms with E-state index in [9.17, 15) is 0 Å². The van der Waals surface area contributed by atoms with Crippen molar-refractivity contribution < 1.29 is 0 Å². The summed E-state index contributed by atoms with van der Waals surface area (Å²) in [6.07, 6.45) is 6.27. The molecule has 0 aliphatic carbocycles. The summed E-state index contributed by atoms with van der Waals surface area (Å²) in [5.41, 5.74) is 1.15. The molecule has 0 saturated carbocycles. The zero-order valence-electron chi connectivity index (χ0n) is 12.8. The maximum Gasteiger partial charge on any atom is 0.0951 e. The lowest BCUT2D eigenvalue weighted by molar-refractivity contribution is 0.268. The fraction of sp³-hybridized carbons (Fsp3) is 0.588. The predicted molar refractivity (Wildman–Crippen MR) is 89.6 cm³/mol.